The normalized spacial score (nSPS) is 10.7. The molecule has 2 heterocycles. The van der Waals surface area contributed by atoms with E-state index in [4.69, 9.17) is 9.47 Å². The van der Waals surface area contributed by atoms with Crippen LogP contribution in [0.4, 0.5) is 0 Å². The molecular formula is C23H19NO3. The topological polar surface area (TPSA) is 39.9 Å². The Morgan fingerprint density at radius 1 is 0.852 bits per heavy atom. The summed E-state index contributed by atoms with van der Waals surface area (Å²) in [6.45, 7) is 0. The van der Waals surface area contributed by atoms with Crippen molar-refractivity contribution in [2.24, 2.45) is 0 Å². The van der Waals surface area contributed by atoms with Crippen molar-refractivity contribution in [3.05, 3.63) is 84.7 Å². The largest absolute Gasteiger partial charge is 0.497 e. The molecule has 0 spiro atoms. The van der Waals surface area contributed by atoms with Crippen LogP contribution in [0.1, 0.15) is 10.4 Å². The Labute approximate surface area is 157 Å². The molecule has 2 aromatic heterocycles. The van der Waals surface area contributed by atoms with Crippen molar-refractivity contribution in [1.29, 1.82) is 0 Å². The van der Waals surface area contributed by atoms with E-state index in [1.165, 1.54) is 7.11 Å². The molecule has 0 atom stereocenters. The van der Waals surface area contributed by atoms with Gasteiger partial charge in [0.05, 0.1) is 25.3 Å². The number of carbonyl (C=O) groups excluding carboxylic acids is 1. The zero-order valence-electron chi connectivity index (χ0n) is 15.2. The van der Waals surface area contributed by atoms with Gasteiger partial charge in [0.15, 0.2) is 0 Å². The van der Waals surface area contributed by atoms with Crippen LogP contribution in [0.15, 0.2) is 79.1 Å². The fourth-order valence-electron chi connectivity index (χ4n) is 3.23. The van der Waals surface area contributed by atoms with E-state index in [0.717, 1.165) is 33.5 Å². The Morgan fingerprint density at radius 2 is 1.56 bits per heavy atom. The van der Waals surface area contributed by atoms with Crippen LogP contribution in [0, 0.1) is 0 Å². The van der Waals surface area contributed by atoms with Gasteiger partial charge in [-0.1, -0.05) is 24.3 Å². The lowest BCUT2D eigenvalue weighted by Crippen LogP contribution is -2.00. The number of ether oxygens (including phenoxy) is 2. The molecule has 4 aromatic rings. The molecule has 0 amide bonds. The first kappa shape index (κ1) is 16.9. The minimum absolute atomic E-state index is 0.332. The Balaban J connectivity index is 1.82. The van der Waals surface area contributed by atoms with Crippen LogP contribution in [-0.4, -0.2) is 24.6 Å². The van der Waals surface area contributed by atoms with Gasteiger partial charge < -0.3 is 13.9 Å². The summed E-state index contributed by atoms with van der Waals surface area (Å²) in [7, 11) is 3.05. The van der Waals surface area contributed by atoms with Crippen molar-refractivity contribution >= 4 is 11.5 Å². The molecule has 0 aliphatic rings. The number of esters is 1. The highest BCUT2D eigenvalue weighted by Gasteiger charge is 2.10. The third-order valence-electron chi connectivity index (χ3n) is 4.67. The van der Waals surface area contributed by atoms with Crippen molar-refractivity contribution in [1.82, 2.24) is 4.40 Å². The fraction of sp³-hybridized carbons (Fsp3) is 0.0870. The summed E-state index contributed by atoms with van der Waals surface area (Å²) in [5.41, 5.74) is 6.01. The second-order valence-corrected chi connectivity index (χ2v) is 6.24. The van der Waals surface area contributed by atoms with Gasteiger partial charge in [-0.05, 0) is 59.2 Å². The average molecular weight is 357 g/mol. The van der Waals surface area contributed by atoms with E-state index in [1.54, 1.807) is 19.2 Å². The van der Waals surface area contributed by atoms with Crippen LogP contribution in [-0.2, 0) is 4.74 Å². The van der Waals surface area contributed by atoms with E-state index in [1.807, 2.05) is 48.7 Å². The summed E-state index contributed by atoms with van der Waals surface area (Å²) in [6.07, 6.45) is 4.15. The Morgan fingerprint density at radius 3 is 2.22 bits per heavy atom. The summed E-state index contributed by atoms with van der Waals surface area (Å²) < 4.78 is 12.1. The van der Waals surface area contributed by atoms with Gasteiger partial charge in [-0.2, -0.15) is 0 Å². The van der Waals surface area contributed by atoms with Gasteiger partial charge >= 0.3 is 5.97 Å². The lowest BCUT2D eigenvalue weighted by atomic mass is 9.99. The molecule has 0 aliphatic heterocycles. The molecule has 0 fully saturated rings. The van der Waals surface area contributed by atoms with Gasteiger partial charge in [0.2, 0.25) is 0 Å². The minimum atomic E-state index is -0.332. The van der Waals surface area contributed by atoms with Crippen molar-refractivity contribution in [2.75, 3.05) is 14.2 Å². The number of carbonyl (C=O) groups is 1. The maximum absolute atomic E-state index is 11.7. The molecule has 0 unspecified atom stereocenters. The zero-order chi connectivity index (χ0) is 18.8. The summed E-state index contributed by atoms with van der Waals surface area (Å²) in [6, 6.07) is 21.8. The molecule has 0 bridgehead atoms. The number of hydrogen-bond donors (Lipinski definition) is 0. The quantitative estimate of drug-likeness (QED) is 0.479. The summed E-state index contributed by atoms with van der Waals surface area (Å²) in [4.78, 5) is 11.7. The number of rotatable bonds is 4. The molecular weight excluding hydrogens is 338 g/mol. The molecule has 4 nitrogen and oxygen atoms in total. The molecule has 27 heavy (non-hydrogen) atoms. The van der Waals surface area contributed by atoms with Gasteiger partial charge in [0.25, 0.3) is 0 Å². The number of pyridine rings is 1. The highest BCUT2D eigenvalue weighted by atomic mass is 16.5. The molecule has 0 saturated carbocycles. The number of benzene rings is 2. The Kier molecular flexibility index (Phi) is 4.38. The van der Waals surface area contributed by atoms with E-state index in [0.29, 0.717) is 5.56 Å². The number of methoxy groups -OCH3 is 2. The number of hydrogen-bond acceptors (Lipinski definition) is 3. The summed E-state index contributed by atoms with van der Waals surface area (Å²) in [5.74, 6) is 0.501. The standard InChI is InChI=1S/C23H19NO3/c1-26-20-11-9-16(10-12-20)19-14-21(22-4-3-13-24(22)15-19)17-5-7-18(8-6-17)23(25)27-2/h3-15H,1-2H3. The maximum Gasteiger partial charge on any atom is 0.337 e. The van der Waals surface area contributed by atoms with Gasteiger partial charge in [-0.3, -0.25) is 0 Å². The van der Waals surface area contributed by atoms with Crippen LogP contribution < -0.4 is 4.74 Å². The lowest BCUT2D eigenvalue weighted by molar-refractivity contribution is 0.0601. The molecule has 0 saturated heterocycles. The molecule has 0 radical (unpaired) electrons. The first-order chi connectivity index (χ1) is 13.2. The van der Waals surface area contributed by atoms with Crippen molar-refractivity contribution in [3.8, 4) is 28.0 Å². The third-order valence-corrected chi connectivity index (χ3v) is 4.67. The van der Waals surface area contributed by atoms with Gasteiger partial charge in [-0.15, -0.1) is 0 Å². The third kappa shape index (κ3) is 3.17. The Bertz CT molecular complexity index is 1090. The van der Waals surface area contributed by atoms with E-state index in [9.17, 15) is 4.79 Å². The molecule has 4 heteroatoms. The molecule has 0 N–H and O–H groups in total. The number of fused-ring (bicyclic) bond motifs is 1. The van der Waals surface area contributed by atoms with E-state index >= 15 is 0 Å². The van der Waals surface area contributed by atoms with Crippen LogP contribution in [0.3, 0.4) is 0 Å². The highest BCUT2D eigenvalue weighted by molar-refractivity contribution is 5.91. The van der Waals surface area contributed by atoms with Gasteiger partial charge in [0, 0.05) is 18.0 Å². The minimum Gasteiger partial charge on any atom is -0.497 e. The molecule has 2 aromatic carbocycles. The number of nitrogens with zero attached hydrogens (tertiary/aromatic N) is 1. The highest BCUT2D eigenvalue weighted by Crippen LogP contribution is 2.31. The zero-order valence-corrected chi connectivity index (χ0v) is 15.2. The Hall–Kier alpha value is -3.53. The predicted molar refractivity (Wildman–Crippen MR) is 106 cm³/mol. The average Bonchev–Trinajstić information content (AvgIpc) is 3.21. The van der Waals surface area contributed by atoms with Gasteiger partial charge in [0.1, 0.15) is 5.75 Å². The van der Waals surface area contributed by atoms with Crippen LogP contribution in [0.25, 0.3) is 27.8 Å². The maximum atomic E-state index is 11.7. The monoisotopic (exact) mass is 357 g/mol. The van der Waals surface area contributed by atoms with E-state index < -0.39 is 0 Å². The SMILES string of the molecule is COC(=O)c1ccc(-c2cc(-c3ccc(OC)cc3)cn3cccc23)cc1. The van der Waals surface area contributed by atoms with Crippen molar-refractivity contribution in [3.63, 3.8) is 0 Å². The molecule has 0 aliphatic carbocycles. The van der Waals surface area contributed by atoms with Crippen molar-refractivity contribution in [2.45, 2.75) is 0 Å². The summed E-state index contributed by atoms with van der Waals surface area (Å²) >= 11 is 0. The second kappa shape index (κ2) is 7.00. The lowest BCUT2D eigenvalue weighted by Gasteiger charge is -2.11. The van der Waals surface area contributed by atoms with Crippen LogP contribution in [0.5, 0.6) is 5.75 Å². The van der Waals surface area contributed by atoms with Gasteiger partial charge in [-0.25, -0.2) is 4.79 Å². The number of aromatic nitrogens is 1. The smallest absolute Gasteiger partial charge is 0.337 e. The first-order valence-corrected chi connectivity index (χ1v) is 8.63. The van der Waals surface area contributed by atoms with E-state index in [2.05, 4.69) is 22.7 Å². The molecule has 134 valence electrons. The molecule has 4 rings (SSSR count). The predicted octanol–water partition coefficient (Wildman–Crippen LogP) is 5.07. The van der Waals surface area contributed by atoms with E-state index in [-0.39, 0.29) is 5.97 Å². The van der Waals surface area contributed by atoms with Crippen LogP contribution in [0.2, 0.25) is 0 Å². The first-order valence-electron chi connectivity index (χ1n) is 8.63. The van der Waals surface area contributed by atoms with Crippen LogP contribution >= 0.6 is 0 Å². The second-order valence-electron chi connectivity index (χ2n) is 6.24. The van der Waals surface area contributed by atoms with Crippen molar-refractivity contribution < 1.29 is 14.3 Å². The fourth-order valence-corrected chi connectivity index (χ4v) is 3.23. The summed E-state index contributed by atoms with van der Waals surface area (Å²) in [5, 5.41) is 0.